The first-order chi connectivity index (χ1) is 15.6. The molecule has 2 amide bonds. The molecular formula is C26H32ClN3O2. The van der Waals surface area contributed by atoms with Crippen LogP contribution in [0.25, 0.3) is 0 Å². The number of halogens is 1. The lowest BCUT2D eigenvalue weighted by molar-refractivity contribution is -0.116. The van der Waals surface area contributed by atoms with E-state index in [2.05, 4.69) is 39.8 Å². The molecule has 2 aromatic rings. The topological polar surface area (TPSA) is 61.4 Å². The molecule has 6 heteroatoms. The lowest BCUT2D eigenvalue weighted by Crippen LogP contribution is -2.38. The van der Waals surface area contributed by atoms with E-state index in [1.54, 1.807) is 0 Å². The fourth-order valence-corrected chi connectivity index (χ4v) is 4.87. The van der Waals surface area contributed by atoms with Crippen molar-refractivity contribution in [2.24, 2.45) is 0 Å². The molecule has 1 heterocycles. The predicted octanol–water partition coefficient (Wildman–Crippen LogP) is 5.27. The number of nitrogens with one attached hydrogen (secondary N) is 2. The number of amides is 2. The van der Waals surface area contributed by atoms with Crippen molar-refractivity contribution in [3.63, 3.8) is 0 Å². The summed E-state index contributed by atoms with van der Waals surface area (Å²) in [5, 5.41) is 6.18. The van der Waals surface area contributed by atoms with Crippen molar-refractivity contribution in [2.45, 2.75) is 64.0 Å². The molecule has 170 valence electrons. The molecule has 1 aliphatic carbocycles. The number of hydrogen-bond donors (Lipinski definition) is 2. The summed E-state index contributed by atoms with van der Waals surface area (Å²) in [6.07, 6.45) is 7.60. The highest BCUT2D eigenvalue weighted by molar-refractivity contribution is 6.18. The summed E-state index contributed by atoms with van der Waals surface area (Å²) < 4.78 is 0. The largest absolute Gasteiger partial charge is 0.366 e. The fourth-order valence-electron chi connectivity index (χ4n) is 4.73. The Kier molecular flexibility index (Phi) is 7.69. The van der Waals surface area contributed by atoms with Gasteiger partial charge in [0.2, 0.25) is 5.91 Å². The van der Waals surface area contributed by atoms with Gasteiger partial charge in [-0.2, -0.15) is 0 Å². The number of alkyl halides is 1. The summed E-state index contributed by atoms with van der Waals surface area (Å²) in [4.78, 5) is 27.9. The first kappa shape index (κ1) is 22.7. The smallest absolute Gasteiger partial charge is 0.253 e. The van der Waals surface area contributed by atoms with Crippen LogP contribution >= 0.6 is 11.6 Å². The number of anilines is 2. The van der Waals surface area contributed by atoms with Crippen LogP contribution in [0.1, 0.15) is 66.4 Å². The molecule has 32 heavy (non-hydrogen) atoms. The second kappa shape index (κ2) is 10.9. The van der Waals surface area contributed by atoms with Crippen LogP contribution in [0, 0.1) is 0 Å². The highest BCUT2D eigenvalue weighted by atomic mass is 35.5. The summed E-state index contributed by atoms with van der Waals surface area (Å²) in [6.45, 7) is 1.64. The third-order valence-corrected chi connectivity index (χ3v) is 6.74. The normalized spacial score (nSPS) is 16.3. The number of fused-ring (bicyclic) bond motifs is 1. The maximum atomic E-state index is 13.4. The second-order valence-electron chi connectivity index (χ2n) is 8.82. The zero-order valence-electron chi connectivity index (χ0n) is 18.5. The van der Waals surface area contributed by atoms with Crippen LogP contribution in [0.15, 0.2) is 42.5 Å². The van der Waals surface area contributed by atoms with E-state index >= 15 is 0 Å². The summed E-state index contributed by atoms with van der Waals surface area (Å²) in [6, 6.07) is 14.4. The van der Waals surface area contributed by atoms with Crippen molar-refractivity contribution >= 4 is 34.8 Å². The van der Waals surface area contributed by atoms with E-state index in [9.17, 15) is 9.59 Å². The number of carbonyl (C=O) groups is 2. The van der Waals surface area contributed by atoms with Gasteiger partial charge in [0.1, 0.15) is 0 Å². The second-order valence-corrected chi connectivity index (χ2v) is 9.20. The molecule has 0 radical (unpaired) electrons. The first-order valence-corrected chi connectivity index (χ1v) is 12.3. The van der Waals surface area contributed by atoms with E-state index in [4.69, 9.17) is 11.6 Å². The average Bonchev–Trinajstić information content (AvgIpc) is 2.83. The van der Waals surface area contributed by atoms with E-state index in [-0.39, 0.29) is 17.9 Å². The maximum Gasteiger partial charge on any atom is 0.253 e. The summed E-state index contributed by atoms with van der Waals surface area (Å²) in [5.74, 6) is 0.323. The van der Waals surface area contributed by atoms with Crippen LogP contribution in [0.4, 0.5) is 11.4 Å². The van der Waals surface area contributed by atoms with E-state index in [1.165, 1.54) is 17.5 Å². The minimum absolute atomic E-state index is 0.0531. The van der Waals surface area contributed by atoms with Gasteiger partial charge >= 0.3 is 0 Å². The highest BCUT2D eigenvalue weighted by Crippen LogP contribution is 2.30. The Morgan fingerprint density at radius 1 is 1.03 bits per heavy atom. The molecule has 0 saturated heterocycles. The molecule has 2 N–H and O–H groups in total. The number of carbonyl (C=O) groups excluding carboxylic acids is 2. The number of hydrogen-bond acceptors (Lipinski definition) is 3. The number of benzene rings is 2. The van der Waals surface area contributed by atoms with Crippen LogP contribution in [-0.2, 0) is 17.8 Å². The quantitative estimate of drug-likeness (QED) is 0.561. The molecule has 0 atom stereocenters. The minimum Gasteiger partial charge on any atom is -0.366 e. The summed E-state index contributed by atoms with van der Waals surface area (Å²) in [5.41, 5.74) is 4.88. The van der Waals surface area contributed by atoms with Gasteiger partial charge in [0.15, 0.2) is 0 Å². The third kappa shape index (κ3) is 5.63. The van der Waals surface area contributed by atoms with Gasteiger partial charge in [-0.25, -0.2) is 0 Å². The lowest BCUT2D eigenvalue weighted by Gasteiger charge is -2.32. The minimum atomic E-state index is -0.0797. The van der Waals surface area contributed by atoms with Gasteiger partial charge in [-0.05, 0) is 55.0 Å². The summed E-state index contributed by atoms with van der Waals surface area (Å²) in [7, 11) is 0. The third-order valence-electron chi connectivity index (χ3n) is 6.47. The molecule has 0 unspecified atom stereocenters. The van der Waals surface area contributed by atoms with Crippen LogP contribution in [0.2, 0.25) is 0 Å². The van der Waals surface area contributed by atoms with E-state index in [0.29, 0.717) is 30.0 Å². The Balaban J connectivity index is 1.58. The zero-order valence-corrected chi connectivity index (χ0v) is 19.3. The lowest BCUT2D eigenvalue weighted by atomic mass is 9.95. The number of rotatable bonds is 7. The molecule has 2 aromatic carbocycles. The van der Waals surface area contributed by atoms with Crippen molar-refractivity contribution < 1.29 is 9.59 Å². The Morgan fingerprint density at radius 3 is 2.59 bits per heavy atom. The standard InChI is InChI=1S/C26H32ClN3O2/c27-15-6-11-25(31)28-22-12-13-24(30-16-14-19-7-4-5-8-20(19)18-30)23(17-22)26(32)29-21-9-2-1-3-10-21/h4-5,7-8,12-13,17,21H,1-3,6,9-11,14-16,18H2,(H,28,31)(H,29,32). The van der Waals surface area contributed by atoms with Crippen LogP contribution in [0.5, 0.6) is 0 Å². The molecule has 4 rings (SSSR count). The Morgan fingerprint density at radius 2 is 1.81 bits per heavy atom. The SMILES string of the molecule is O=C(CCCCl)Nc1ccc(N2CCc3ccccc3C2)c(C(=O)NC2CCCCC2)c1. The van der Waals surface area contributed by atoms with E-state index < -0.39 is 0 Å². The molecule has 1 saturated carbocycles. The highest BCUT2D eigenvalue weighted by Gasteiger charge is 2.24. The fraction of sp³-hybridized carbons (Fsp3) is 0.462. The zero-order chi connectivity index (χ0) is 22.3. The predicted molar refractivity (Wildman–Crippen MR) is 131 cm³/mol. The Hall–Kier alpha value is -2.53. The Bertz CT molecular complexity index is 956. The molecule has 5 nitrogen and oxygen atoms in total. The molecule has 0 bridgehead atoms. The average molecular weight is 454 g/mol. The van der Waals surface area contributed by atoms with E-state index in [0.717, 1.165) is 50.9 Å². The van der Waals surface area contributed by atoms with Crippen molar-refractivity contribution in [2.75, 3.05) is 22.6 Å². The van der Waals surface area contributed by atoms with E-state index in [1.807, 2.05) is 18.2 Å². The molecule has 1 fully saturated rings. The van der Waals surface area contributed by atoms with Gasteiger partial charge in [0.05, 0.1) is 5.56 Å². The van der Waals surface area contributed by atoms with Gasteiger partial charge in [0, 0.05) is 42.8 Å². The summed E-state index contributed by atoms with van der Waals surface area (Å²) >= 11 is 5.71. The van der Waals surface area contributed by atoms with Crippen molar-refractivity contribution in [3.05, 3.63) is 59.2 Å². The molecular weight excluding hydrogens is 422 g/mol. The van der Waals surface area contributed by atoms with Crippen LogP contribution < -0.4 is 15.5 Å². The monoisotopic (exact) mass is 453 g/mol. The van der Waals surface area contributed by atoms with Crippen molar-refractivity contribution in [1.29, 1.82) is 0 Å². The molecule has 2 aliphatic rings. The Labute approximate surface area is 195 Å². The van der Waals surface area contributed by atoms with Crippen molar-refractivity contribution in [3.8, 4) is 0 Å². The van der Waals surface area contributed by atoms with Gasteiger partial charge in [-0.15, -0.1) is 11.6 Å². The van der Waals surface area contributed by atoms with Gasteiger partial charge in [0.25, 0.3) is 5.91 Å². The van der Waals surface area contributed by atoms with Gasteiger partial charge < -0.3 is 15.5 Å². The van der Waals surface area contributed by atoms with Gasteiger partial charge in [-0.1, -0.05) is 43.5 Å². The molecule has 1 aliphatic heterocycles. The van der Waals surface area contributed by atoms with Crippen LogP contribution in [0.3, 0.4) is 0 Å². The molecule has 0 aromatic heterocycles. The first-order valence-electron chi connectivity index (χ1n) is 11.8. The molecule has 0 spiro atoms. The van der Waals surface area contributed by atoms with Crippen LogP contribution in [-0.4, -0.2) is 30.3 Å². The maximum absolute atomic E-state index is 13.4. The van der Waals surface area contributed by atoms with Crippen molar-refractivity contribution in [1.82, 2.24) is 5.32 Å². The van der Waals surface area contributed by atoms with Gasteiger partial charge in [-0.3, -0.25) is 9.59 Å². The number of nitrogens with zero attached hydrogens (tertiary/aromatic N) is 1.